The quantitative estimate of drug-likeness (QED) is 0.446. The summed E-state index contributed by atoms with van der Waals surface area (Å²) in [7, 11) is 1.63. The molecule has 0 unspecified atom stereocenters. The number of alkyl halides is 2. The van der Waals surface area contributed by atoms with Crippen LogP contribution >= 0.6 is 0 Å². The van der Waals surface area contributed by atoms with Crippen LogP contribution in [0.5, 0.6) is 0 Å². The average molecular weight is 509 g/mol. The fourth-order valence-electron chi connectivity index (χ4n) is 4.62. The van der Waals surface area contributed by atoms with Crippen LogP contribution in [0.15, 0.2) is 71.8 Å². The van der Waals surface area contributed by atoms with Crippen LogP contribution < -0.4 is 15.8 Å². The van der Waals surface area contributed by atoms with Crippen LogP contribution in [0.3, 0.4) is 0 Å². The van der Waals surface area contributed by atoms with Crippen LogP contribution in [0, 0.1) is 5.82 Å². The van der Waals surface area contributed by atoms with Crippen molar-refractivity contribution in [3.63, 3.8) is 0 Å². The lowest BCUT2D eigenvalue weighted by atomic mass is 9.99. The second-order valence-electron chi connectivity index (χ2n) is 9.07. The fraction of sp³-hybridized carbons (Fsp3) is 0.231. The van der Waals surface area contributed by atoms with Gasteiger partial charge in [-0.05, 0) is 42.0 Å². The standard InChI is InChI=1S/C26H22F3N5O3/c1-26(28,29)25(37)31-20-12-23(36)33(24(20)15-4-3-5-17(27)10-15)18-6-8-21-16(11-18)13-30-34(21)19-7-9-22(35)32(2)14-19/h3-11,13-14,20,24H,12H2,1-2H3,(H,31,37)/t20-,24+/m1/s1. The molecule has 0 spiro atoms. The van der Waals surface area contributed by atoms with Gasteiger partial charge in [0.15, 0.2) is 0 Å². The van der Waals surface area contributed by atoms with E-state index in [9.17, 15) is 27.6 Å². The van der Waals surface area contributed by atoms with E-state index in [1.54, 1.807) is 54.5 Å². The van der Waals surface area contributed by atoms with Gasteiger partial charge in [-0.25, -0.2) is 9.07 Å². The number of halogens is 3. The van der Waals surface area contributed by atoms with Crippen molar-refractivity contribution in [3.05, 3.63) is 88.7 Å². The van der Waals surface area contributed by atoms with Crippen LogP contribution in [0.4, 0.5) is 18.9 Å². The molecule has 0 bridgehead atoms. The minimum Gasteiger partial charge on any atom is -0.345 e. The molecule has 2 atom stereocenters. The Bertz CT molecular complexity index is 1590. The summed E-state index contributed by atoms with van der Waals surface area (Å²) in [6.45, 7) is 0.476. The smallest absolute Gasteiger partial charge is 0.321 e. The summed E-state index contributed by atoms with van der Waals surface area (Å²) in [4.78, 5) is 38.4. The Hall–Kier alpha value is -4.41. The van der Waals surface area contributed by atoms with Crippen molar-refractivity contribution in [1.82, 2.24) is 19.7 Å². The zero-order chi connectivity index (χ0) is 26.5. The number of aryl methyl sites for hydroxylation is 1. The number of pyridine rings is 1. The molecule has 2 aromatic heterocycles. The molecule has 3 heterocycles. The monoisotopic (exact) mass is 509 g/mol. The Morgan fingerprint density at radius 2 is 1.84 bits per heavy atom. The predicted molar refractivity (Wildman–Crippen MR) is 130 cm³/mol. The van der Waals surface area contributed by atoms with Gasteiger partial charge in [0.1, 0.15) is 5.82 Å². The second-order valence-corrected chi connectivity index (χ2v) is 9.07. The summed E-state index contributed by atoms with van der Waals surface area (Å²) in [5, 5.41) is 7.34. The summed E-state index contributed by atoms with van der Waals surface area (Å²) in [5.41, 5.74) is 1.99. The highest BCUT2D eigenvalue weighted by molar-refractivity contribution is 6.00. The third kappa shape index (κ3) is 4.48. The first kappa shape index (κ1) is 24.3. The number of fused-ring (bicyclic) bond motifs is 1. The van der Waals surface area contributed by atoms with E-state index in [0.29, 0.717) is 34.8 Å². The molecular weight excluding hydrogens is 487 g/mol. The molecule has 2 aromatic carbocycles. The SMILES string of the molecule is Cn1cc(-n2ncc3cc(N4C(=O)C[C@@H](NC(=O)C(C)(F)F)[C@@H]4c4cccc(F)c4)ccc32)ccc1=O. The van der Waals surface area contributed by atoms with Gasteiger partial charge in [0.25, 0.3) is 5.91 Å². The van der Waals surface area contributed by atoms with E-state index in [1.807, 2.05) is 0 Å². The average Bonchev–Trinajstić information content (AvgIpc) is 3.40. The van der Waals surface area contributed by atoms with E-state index >= 15 is 0 Å². The molecule has 37 heavy (non-hydrogen) atoms. The molecule has 1 aliphatic rings. The third-order valence-corrected chi connectivity index (χ3v) is 6.37. The Morgan fingerprint density at radius 1 is 1.08 bits per heavy atom. The number of carbonyl (C=O) groups excluding carboxylic acids is 2. The highest BCUT2D eigenvalue weighted by Gasteiger charge is 2.45. The Labute approximate surface area is 208 Å². The number of benzene rings is 2. The van der Waals surface area contributed by atoms with Crippen LogP contribution in [0.1, 0.15) is 24.9 Å². The maximum absolute atomic E-state index is 14.1. The molecule has 0 radical (unpaired) electrons. The number of nitrogens with zero attached hydrogens (tertiary/aromatic N) is 4. The predicted octanol–water partition coefficient (Wildman–Crippen LogP) is 3.48. The summed E-state index contributed by atoms with van der Waals surface area (Å²) >= 11 is 0. The largest absolute Gasteiger partial charge is 0.345 e. The van der Waals surface area contributed by atoms with Crippen molar-refractivity contribution >= 4 is 28.4 Å². The lowest BCUT2D eigenvalue weighted by Crippen LogP contribution is -2.46. The van der Waals surface area contributed by atoms with Crippen molar-refractivity contribution in [1.29, 1.82) is 0 Å². The molecule has 11 heteroatoms. The zero-order valence-electron chi connectivity index (χ0n) is 19.9. The normalized spacial score (nSPS) is 18.0. The summed E-state index contributed by atoms with van der Waals surface area (Å²) in [5.74, 6) is -6.12. The molecular formula is C26H22F3N5O3. The number of nitrogens with one attached hydrogen (secondary N) is 1. The van der Waals surface area contributed by atoms with Crippen molar-refractivity contribution in [2.24, 2.45) is 7.05 Å². The number of hydrogen-bond donors (Lipinski definition) is 1. The first-order valence-electron chi connectivity index (χ1n) is 11.4. The molecule has 0 saturated carbocycles. The summed E-state index contributed by atoms with van der Waals surface area (Å²) < 4.78 is 44.5. The van der Waals surface area contributed by atoms with E-state index in [4.69, 9.17) is 0 Å². The van der Waals surface area contributed by atoms with Gasteiger partial charge >= 0.3 is 5.92 Å². The first-order chi connectivity index (χ1) is 17.5. The van der Waals surface area contributed by atoms with Gasteiger partial charge in [-0.3, -0.25) is 14.4 Å². The van der Waals surface area contributed by atoms with Gasteiger partial charge in [-0.15, -0.1) is 0 Å². The molecule has 1 fully saturated rings. The van der Waals surface area contributed by atoms with E-state index in [-0.39, 0.29) is 12.0 Å². The minimum absolute atomic E-state index is 0.166. The molecule has 1 saturated heterocycles. The third-order valence-electron chi connectivity index (χ3n) is 6.37. The zero-order valence-corrected chi connectivity index (χ0v) is 19.9. The van der Waals surface area contributed by atoms with Gasteiger partial charge in [0.05, 0.1) is 29.5 Å². The van der Waals surface area contributed by atoms with E-state index in [1.165, 1.54) is 33.7 Å². The highest BCUT2D eigenvalue weighted by atomic mass is 19.3. The first-order valence-corrected chi connectivity index (χ1v) is 11.4. The maximum Gasteiger partial charge on any atom is 0.321 e. The fourth-order valence-corrected chi connectivity index (χ4v) is 4.62. The van der Waals surface area contributed by atoms with Crippen LogP contribution in [0.2, 0.25) is 0 Å². The van der Waals surface area contributed by atoms with Crippen molar-refractivity contribution in [3.8, 4) is 5.69 Å². The number of hydrogen-bond acceptors (Lipinski definition) is 4. The van der Waals surface area contributed by atoms with Crippen LogP contribution in [-0.4, -0.2) is 38.1 Å². The van der Waals surface area contributed by atoms with Gasteiger partial charge in [0.2, 0.25) is 11.5 Å². The van der Waals surface area contributed by atoms with Gasteiger partial charge in [-0.2, -0.15) is 13.9 Å². The Balaban J connectivity index is 1.56. The summed E-state index contributed by atoms with van der Waals surface area (Å²) in [6, 6.07) is 11.8. The van der Waals surface area contributed by atoms with Gasteiger partial charge in [0, 0.05) is 43.7 Å². The molecule has 8 nitrogen and oxygen atoms in total. The molecule has 1 aliphatic heterocycles. The molecule has 0 aliphatic carbocycles. The van der Waals surface area contributed by atoms with E-state index in [0.717, 1.165) is 0 Å². The van der Waals surface area contributed by atoms with Gasteiger partial charge < -0.3 is 14.8 Å². The van der Waals surface area contributed by atoms with Crippen LogP contribution in [-0.2, 0) is 16.6 Å². The highest BCUT2D eigenvalue weighted by Crippen LogP contribution is 2.39. The van der Waals surface area contributed by atoms with Crippen molar-refractivity contribution < 1.29 is 22.8 Å². The number of anilines is 1. The van der Waals surface area contributed by atoms with E-state index in [2.05, 4.69) is 10.4 Å². The number of rotatable bonds is 5. The lowest BCUT2D eigenvalue weighted by Gasteiger charge is -2.29. The molecule has 1 N–H and O–H groups in total. The molecule has 190 valence electrons. The minimum atomic E-state index is -3.64. The number of amides is 2. The van der Waals surface area contributed by atoms with E-state index < -0.39 is 35.6 Å². The molecule has 5 rings (SSSR count). The lowest BCUT2D eigenvalue weighted by molar-refractivity contribution is -0.143. The molecule has 4 aromatic rings. The van der Waals surface area contributed by atoms with Crippen molar-refractivity contribution in [2.75, 3.05) is 4.90 Å². The topological polar surface area (TPSA) is 89.2 Å². The maximum atomic E-state index is 14.1. The van der Waals surface area contributed by atoms with Crippen LogP contribution in [0.25, 0.3) is 16.6 Å². The Morgan fingerprint density at radius 3 is 2.54 bits per heavy atom. The van der Waals surface area contributed by atoms with Crippen molar-refractivity contribution in [2.45, 2.75) is 31.4 Å². The second kappa shape index (κ2) is 8.91. The molecule has 2 amide bonds. The number of carbonyl (C=O) groups is 2. The Kier molecular flexibility index (Phi) is 5.85. The number of aromatic nitrogens is 3. The van der Waals surface area contributed by atoms with Gasteiger partial charge in [-0.1, -0.05) is 12.1 Å². The summed E-state index contributed by atoms with van der Waals surface area (Å²) in [6.07, 6.45) is 3.00.